The number of halogens is 1. The van der Waals surface area contributed by atoms with Gasteiger partial charge in [-0.1, -0.05) is 29.8 Å². The van der Waals surface area contributed by atoms with Crippen LogP contribution in [0.25, 0.3) is 0 Å². The number of benzene rings is 3. The highest BCUT2D eigenvalue weighted by Gasteiger charge is 2.38. The minimum absolute atomic E-state index is 0.0570. The molecule has 2 amide bonds. The number of carboxylic acid groups (broad SMARTS) is 1. The molecule has 2 atom stereocenters. The highest BCUT2D eigenvalue weighted by molar-refractivity contribution is 6.30. The smallest absolute Gasteiger partial charge is 0.317 e. The number of carboxylic acids is 1. The summed E-state index contributed by atoms with van der Waals surface area (Å²) in [6.07, 6.45) is 0.587. The monoisotopic (exact) mass is 560 g/mol. The summed E-state index contributed by atoms with van der Waals surface area (Å²) in [6.45, 7) is 6.48. The topological polar surface area (TPSA) is 84.4 Å². The van der Waals surface area contributed by atoms with E-state index in [0.717, 1.165) is 35.7 Å². The highest BCUT2D eigenvalue weighted by Crippen LogP contribution is 2.43. The molecule has 0 unspecified atom stereocenters. The van der Waals surface area contributed by atoms with Crippen LogP contribution in [-0.2, 0) is 9.59 Å². The number of hydrogen-bond donors (Lipinski definition) is 1. The molecule has 0 spiro atoms. The minimum Gasteiger partial charge on any atom is -0.480 e. The third-order valence-electron chi connectivity index (χ3n) is 7.75. The number of piperazine rings is 1. The van der Waals surface area contributed by atoms with Gasteiger partial charge in [0.25, 0.3) is 5.91 Å². The van der Waals surface area contributed by atoms with Crippen molar-refractivity contribution in [1.82, 2.24) is 4.90 Å². The Balaban J connectivity index is 1.37. The number of amides is 2. The van der Waals surface area contributed by atoms with Gasteiger partial charge in [0.2, 0.25) is 5.91 Å². The molecule has 40 heavy (non-hydrogen) atoms. The van der Waals surface area contributed by atoms with Gasteiger partial charge in [-0.15, -0.1) is 0 Å². The van der Waals surface area contributed by atoms with Gasteiger partial charge >= 0.3 is 5.97 Å². The summed E-state index contributed by atoms with van der Waals surface area (Å²) < 4.78 is 0. The maximum atomic E-state index is 13.9. The Labute approximate surface area is 239 Å². The Morgan fingerprint density at radius 2 is 1.57 bits per heavy atom. The average Bonchev–Trinajstić information content (AvgIpc) is 2.94. The lowest BCUT2D eigenvalue weighted by atomic mass is 9.89. The Kier molecular flexibility index (Phi) is 8.09. The third kappa shape index (κ3) is 5.69. The molecule has 0 bridgehead atoms. The zero-order valence-electron chi connectivity index (χ0n) is 22.7. The zero-order valence-corrected chi connectivity index (χ0v) is 23.4. The maximum Gasteiger partial charge on any atom is 0.317 e. The number of carbonyl (C=O) groups is 3. The zero-order chi connectivity index (χ0) is 28.4. The second kappa shape index (κ2) is 11.7. The summed E-state index contributed by atoms with van der Waals surface area (Å²) >= 11 is 6.10. The largest absolute Gasteiger partial charge is 0.480 e. The Morgan fingerprint density at radius 3 is 2.20 bits per heavy atom. The first-order chi connectivity index (χ1) is 19.2. The molecule has 1 fully saturated rings. The predicted molar refractivity (Wildman–Crippen MR) is 157 cm³/mol. The van der Waals surface area contributed by atoms with E-state index in [4.69, 9.17) is 16.7 Å². The van der Waals surface area contributed by atoms with E-state index in [1.54, 1.807) is 24.0 Å². The van der Waals surface area contributed by atoms with Gasteiger partial charge in [-0.05, 0) is 73.5 Å². The van der Waals surface area contributed by atoms with Gasteiger partial charge in [0.1, 0.15) is 0 Å². The van der Waals surface area contributed by atoms with Crippen molar-refractivity contribution in [1.29, 1.82) is 0 Å². The number of carbonyl (C=O) groups excluding carboxylic acids is 2. The standard InChI is InChI=1S/C31H33ClN4O4/c1-21-19-29(36(22(2)37)26-13-9-24(32)10-14-26)27-5-3-4-6-28(27)35(21)31(40)23-7-11-25(12-8-23)34-17-15-33(16-18-34)20-30(38)39/h3-14,21,29H,15-20H2,1-2H3,(H,38,39)/t21-,29+/m0/s1. The van der Waals surface area contributed by atoms with Crippen molar-refractivity contribution < 1.29 is 19.5 Å². The Morgan fingerprint density at radius 1 is 0.925 bits per heavy atom. The highest BCUT2D eigenvalue weighted by atomic mass is 35.5. The van der Waals surface area contributed by atoms with Gasteiger partial charge in [-0.3, -0.25) is 19.3 Å². The summed E-state index contributed by atoms with van der Waals surface area (Å²) in [7, 11) is 0. The van der Waals surface area contributed by atoms with E-state index in [1.807, 2.05) is 77.4 Å². The third-order valence-corrected chi connectivity index (χ3v) is 8.00. The fourth-order valence-corrected chi connectivity index (χ4v) is 5.95. The normalized spacial score (nSPS) is 19.2. The molecule has 3 aromatic rings. The van der Waals surface area contributed by atoms with Crippen molar-refractivity contribution in [2.24, 2.45) is 0 Å². The first-order valence-electron chi connectivity index (χ1n) is 13.5. The van der Waals surface area contributed by atoms with Crippen LogP contribution < -0.4 is 14.7 Å². The number of aliphatic carboxylic acids is 1. The predicted octanol–water partition coefficient (Wildman–Crippen LogP) is 5.08. The van der Waals surface area contributed by atoms with Gasteiger partial charge in [-0.25, -0.2) is 0 Å². The molecule has 2 aliphatic rings. The van der Waals surface area contributed by atoms with E-state index >= 15 is 0 Å². The molecular weight excluding hydrogens is 528 g/mol. The lowest BCUT2D eigenvalue weighted by Crippen LogP contribution is -2.48. The van der Waals surface area contributed by atoms with Crippen LogP contribution >= 0.6 is 11.6 Å². The fraction of sp³-hybridized carbons (Fsp3) is 0.323. The van der Waals surface area contributed by atoms with Crippen molar-refractivity contribution in [2.45, 2.75) is 32.4 Å². The lowest BCUT2D eigenvalue weighted by molar-refractivity contribution is -0.138. The molecule has 2 aliphatic heterocycles. The van der Waals surface area contributed by atoms with Gasteiger partial charge in [0.05, 0.1) is 12.6 Å². The van der Waals surface area contributed by atoms with Crippen LogP contribution in [0.1, 0.15) is 42.2 Å². The maximum absolute atomic E-state index is 13.9. The second-order valence-corrected chi connectivity index (χ2v) is 10.8. The molecule has 208 valence electrons. The lowest BCUT2D eigenvalue weighted by Gasteiger charge is -2.43. The SMILES string of the molecule is CC(=O)N(c1ccc(Cl)cc1)[C@@H]1C[C@H](C)N(C(=O)c2ccc(N3CCN(CC(=O)O)CC3)cc2)c2ccccc21. The molecule has 5 rings (SSSR count). The van der Waals surface area contributed by atoms with Crippen LogP contribution in [0.15, 0.2) is 72.8 Å². The van der Waals surface area contributed by atoms with Crippen molar-refractivity contribution in [2.75, 3.05) is 47.4 Å². The first-order valence-corrected chi connectivity index (χ1v) is 13.9. The molecule has 8 nitrogen and oxygen atoms in total. The second-order valence-electron chi connectivity index (χ2n) is 10.4. The van der Waals surface area contributed by atoms with Crippen molar-refractivity contribution in [3.05, 3.63) is 88.9 Å². The number of hydrogen-bond acceptors (Lipinski definition) is 5. The van der Waals surface area contributed by atoms with Crippen LogP contribution in [0.3, 0.4) is 0 Å². The molecule has 1 saturated heterocycles. The number of anilines is 3. The summed E-state index contributed by atoms with van der Waals surface area (Å²) in [5, 5.41) is 9.64. The van der Waals surface area contributed by atoms with Gasteiger partial charge in [0.15, 0.2) is 0 Å². The number of nitrogens with zero attached hydrogens (tertiary/aromatic N) is 4. The van der Waals surface area contributed by atoms with Gasteiger partial charge < -0.3 is 19.8 Å². The molecule has 1 N–H and O–H groups in total. The molecule has 0 aromatic heterocycles. The van der Waals surface area contributed by atoms with E-state index in [2.05, 4.69) is 4.90 Å². The molecule has 3 aromatic carbocycles. The number of fused-ring (bicyclic) bond motifs is 1. The van der Waals surface area contributed by atoms with Crippen LogP contribution in [0.5, 0.6) is 0 Å². The Hall–Kier alpha value is -3.88. The van der Waals surface area contributed by atoms with E-state index in [1.165, 1.54) is 0 Å². The summed E-state index contributed by atoms with van der Waals surface area (Å²) in [5.74, 6) is -0.972. The Bertz CT molecular complexity index is 1390. The van der Waals surface area contributed by atoms with Crippen molar-refractivity contribution in [3.63, 3.8) is 0 Å². The molecule has 0 saturated carbocycles. The van der Waals surface area contributed by atoms with Crippen LogP contribution in [0.2, 0.25) is 5.02 Å². The van der Waals surface area contributed by atoms with Crippen molar-refractivity contribution in [3.8, 4) is 0 Å². The summed E-state index contributed by atoms with van der Waals surface area (Å²) in [6, 6.07) is 22.3. The number of rotatable bonds is 6. The molecular formula is C31H33ClN4O4. The van der Waals surface area contributed by atoms with Gasteiger partial charge in [-0.2, -0.15) is 0 Å². The minimum atomic E-state index is -0.810. The van der Waals surface area contributed by atoms with E-state index in [-0.39, 0.29) is 30.4 Å². The summed E-state index contributed by atoms with van der Waals surface area (Å²) in [5.41, 5.74) is 4.10. The van der Waals surface area contributed by atoms with E-state index in [0.29, 0.717) is 30.1 Å². The quantitative estimate of drug-likeness (QED) is 0.453. The summed E-state index contributed by atoms with van der Waals surface area (Å²) in [4.78, 5) is 45.5. The molecule has 2 heterocycles. The van der Waals surface area contributed by atoms with Crippen molar-refractivity contribution >= 4 is 46.4 Å². The van der Waals surface area contributed by atoms with Gasteiger partial charge in [0, 0.05) is 66.8 Å². The molecule has 0 radical (unpaired) electrons. The van der Waals surface area contributed by atoms with E-state index < -0.39 is 5.97 Å². The van der Waals surface area contributed by atoms with Crippen LogP contribution in [-0.4, -0.2) is 66.6 Å². The first kappa shape index (κ1) is 27.7. The fourth-order valence-electron chi connectivity index (χ4n) is 5.83. The van der Waals surface area contributed by atoms with Crippen LogP contribution in [0.4, 0.5) is 17.1 Å². The number of para-hydroxylation sites is 1. The average molecular weight is 561 g/mol. The van der Waals surface area contributed by atoms with E-state index in [9.17, 15) is 14.4 Å². The molecule has 0 aliphatic carbocycles. The molecule has 9 heteroatoms. The van der Waals surface area contributed by atoms with Crippen LogP contribution in [0, 0.1) is 0 Å².